The van der Waals surface area contributed by atoms with Crippen molar-refractivity contribution in [1.82, 2.24) is 10.3 Å². The normalized spacial score (nSPS) is 12.3. The van der Waals surface area contributed by atoms with E-state index in [-0.39, 0.29) is 11.9 Å². The third-order valence-electron chi connectivity index (χ3n) is 3.07. The molecule has 0 aliphatic carbocycles. The van der Waals surface area contributed by atoms with Crippen LogP contribution in [0, 0.1) is 5.82 Å². The van der Waals surface area contributed by atoms with Crippen LogP contribution in [0.2, 0.25) is 0 Å². The van der Waals surface area contributed by atoms with Crippen molar-refractivity contribution in [2.24, 2.45) is 0 Å². The van der Waals surface area contributed by atoms with E-state index in [1.165, 1.54) is 12.1 Å². The van der Waals surface area contributed by atoms with Crippen LogP contribution in [0.15, 0.2) is 47.5 Å². The van der Waals surface area contributed by atoms with Crippen LogP contribution < -0.4 is 11.1 Å². The number of hydrogen-bond acceptors (Lipinski definition) is 4. The lowest BCUT2D eigenvalue weighted by atomic mass is 10.1. The minimum absolute atomic E-state index is 0.206. The Morgan fingerprint density at radius 2 is 2.05 bits per heavy atom. The Bertz CT molecular complexity index is 545. The maximum Gasteiger partial charge on any atom is 0.126 e. The molecule has 0 spiro atoms. The van der Waals surface area contributed by atoms with Crippen molar-refractivity contribution in [3.63, 3.8) is 0 Å². The molecule has 5 heteroatoms. The summed E-state index contributed by atoms with van der Waals surface area (Å²) in [6.45, 7) is 0. The van der Waals surface area contributed by atoms with Crippen molar-refractivity contribution in [2.45, 2.75) is 17.4 Å². The Hall–Kier alpha value is -1.59. The Morgan fingerprint density at radius 3 is 2.70 bits per heavy atom. The monoisotopic (exact) mass is 291 g/mol. The number of anilines is 1. The van der Waals surface area contributed by atoms with Gasteiger partial charge in [-0.15, -0.1) is 11.8 Å². The summed E-state index contributed by atoms with van der Waals surface area (Å²) in [5.41, 5.74) is 6.91. The summed E-state index contributed by atoms with van der Waals surface area (Å²) in [5, 5.41) is 3.28. The second-order valence-electron chi connectivity index (χ2n) is 4.50. The van der Waals surface area contributed by atoms with Crippen LogP contribution in [0.5, 0.6) is 0 Å². The number of nitrogens with one attached hydrogen (secondary N) is 1. The van der Waals surface area contributed by atoms with Gasteiger partial charge in [-0.05, 0) is 49.4 Å². The summed E-state index contributed by atoms with van der Waals surface area (Å²) in [7, 11) is 1.93. The standard InChI is InChI=1S/C15H18FN3S/c1-18-13(9-11-3-2-8-19-15(11)17)10-20-14-6-4-12(16)5-7-14/h2-8,13,18H,9-10H2,1H3,(H2,17,19). The number of nitrogens with zero attached hydrogens (tertiary/aromatic N) is 1. The van der Waals surface area contributed by atoms with Gasteiger partial charge in [0.2, 0.25) is 0 Å². The highest BCUT2D eigenvalue weighted by Gasteiger charge is 2.10. The minimum atomic E-state index is -0.206. The zero-order chi connectivity index (χ0) is 14.4. The Labute approximate surface area is 122 Å². The molecule has 3 nitrogen and oxygen atoms in total. The Kier molecular flexibility index (Phi) is 5.38. The van der Waals surface area contributed by atoms with Crippen molar-refractivity contribution in [3.05, 3.63) is 54.0 Å². The van der Waals surface area contributed by atoms with E-state index in [1.807, 2.05) is 19.2 Å². The predicted octanol–water partition coefficient (Wildman–Crippen LogP) is 2.73. The fourth-order valence-electron chi connectivity index (χ4n) is 1.86. The van der Waals surface area contributed by atoms with Gasteiger partial charge in [0.25, 0.3) is 0 Å². The van der Waals surface area contributed by atoms with Crippen LogP contribution in [-0.4, -0.2) is 23.8 Å². The second-order valence-corrected chi connectivity index (χ2v) is 5.60. The van der Waals surface area contributed by atoms with E-state index in [0.29, 0.717) is 5.82 Å². The molecule has 0 radical (unpaired) electrons. The Balaban J connectivity index is 1.92. The summed E-state index contributed by atoms with van der Waals surface area (Å²) in [6, 6.07) is 10.7. The number of pyridine rings is 1. The molecule has 1 aromatic heterocycles. The summed E-state index contributed by atoms with van der Waals surface area (Å²) in [5.74, 6) is 1.26. The quantitative estimate of drug-likeness (QED) is 0.804. The van der Waals surface area contributed by atoms with Gasteiger partial charge in [-0.3, -0.25) is 0 Å². The van der Waals surface area contributed by atoms with Gasteiger partial charge >= 0.3 is 0 Å². The number of nitrogen functional groups attached to an aromatic ring is 1. The lowest BCUT2D eigenvalue weighted by Gasteiger charge is -2.16. The maximum absolute atomic E-state index is 12.8. The number of likely N-dealkylation sites (N-methyl/N-ethyl adjacent to an activating group) is 1. The van der Waals surface area contributed by atoms with Gasteiger partial charge in [0, 0.05) is 22.9 Å². The van der Waals surface area contributed by atoms with E-state index in [2.05, 4.69) is 10.3 Å². The number of thioether (sulfide) groups is 1. The van der Waals surface area contributed by atoms with Crippen LogP contribution in [0.1, 0.15) is 5.56 Å². The summed E-state index contributed by atoms with van der Waals surface area (Å²) in [4.78, 5) is 5.16. The van der Waals surface area contributed by atoms with Gasteiger partial charge in [-0.2, -0.15) is 0 Å². The number of hydrogen-bond donors (Lipinski definition) is 2. The number of nitrogens with two attached hydrogens (primary N) is 1. The molecular weight excluding hydrogens is 273 g/mol. The van der Waals surface area contributed by atoms with Crippen molar-refractivity contribution in [2.75, 3.05) is 18.5 Å². The van der Waals surface area contributed by atoms with E-state index < -0.39 is 0 Å². The molecule has 1 atom stereocenters. The zero-order valence-corrected chi connectivity index (χ0v) is 12.2. The number of aromatic nitrogens is 1. The predicted molar refractivity (Wildman–Crippen MR) is 82.3 cm³/mol. The summed E-state index contributed by atoms with van der Waals surface area (Å²) >= 11 is 1.70. The van der Waals surface area contributed by atoms with Crippen molar-refractivity contribution >= 4 is 17.6 Å². The molecule has 0 aliphatic heterocycles. The molecule has 2 aromatic rings. The van der Waals surface area contributed by atoms with Crippen LogP contribution >= 0.6 is 11.8 Å². The fraction of sp³-hybridized carbons (Fsp3) is 0.267. The number of halogens is 1. The molecule has 3 N–H and O–H groups in total. The highest BCUT2D eigenvalue weighted by atomic mass is 32.2. The summed E-state index contributed by atoms with van der Waals surface area (Å²) in [6.07, 6.45) is 2.52. The van der Waals surface area contributed by atoms with Crippen molar-refractivity contribution < 1.29 is 4.39 Å². The van der Waals surface area contributed by atoms with Crippen LogP contribution in [0.4, 0.5) is 10.2 Å². The third kappa shape index (κ3) is 4.21. The summed E-state index contributed by atoms with van der Waals surface area (Å²) < 4.78 is 12.8. The van der Waals surface area contributed by atoms with Crippen LogP contribution in [0.25, 0.3) is 0 Å². The first-order chi connectivity index (χ1) is 9.69. The fourth-order valence-corrected chi connectivity index (χ4v) is 2.87. The first kappa shape index (κ1) is 14.8. The molecule has 0 bridgehead atoms. The Morgan fingerprint density at radius 1 is 1.30 bits per heavy atom. The van der Waals surface area contributed by atoms with Crippen molar-refractivity contribution in [3.8, 4) is 0 Å². The molecule has 0 aliphatic rings. The number of benzene rings is 1. The molecule has 0 saturated carbocycles. The van der Waals surface area contributed by atoms with Gasteiger partial charge < -0.3 is 11.1 Å². The second kappa shape index (κ2) is 7.26. The topological polar surface area (TPSA) is 50.9 Å². The van der Waals surface area contributed by atoms with Crippen LogP contribution in [-0.2, 0) is 6.42 Å². The minimum Gasteiger partial charge on any atom is -0.383 e. The van der Waals surface area contributed by atoms with Gasteiger partial charge in [0.05, 0.1) is 0 Å². The average Bonchev–Trinajstić information content (AvgIpc) is 2.47. The molecule has 2 rings (SSSR count). The third-order valence-corrected chi connectivity index (χ3v) is 4.24. The SMILES string of the molecule is CNC(CSc1ccc(F)cc1)Cc1cccnc1N. The molecular formula is C15H18FN3S. The number of rotatable bonds is 6. The maximum atomic E-state index is 12.8. The highest BCUT2D eigenvalue weighted by Crippen LogP contribution is 2.20. The van der Waals surface area contributed by atoms with Gasteiger partial charge in [-0.1, -0.05) is 6.07 Å². The van der Waals surface area contributed by atoms with Gasteiger partial charge in [0.15, 0.2) is 0 Å². The van der Waals surface area contributed by atoms with Gasteiger partial charge in [-0.25, -0.2) is 9.37 Å². The molecule has 20 heavy (non-hydrogen) atoms. The van der Waals surface area contributed by atoms with E-state index in [0.717, 1.165) is 22.6 Å². The first-order valence-corrected chi connectivity index (χ1v) is 7.42. The molecule has 0 saturated heterocycles. The zero-order valence-electron chi connectivity index (χ0n) is 11.3. The molecule has 1 heterocycles. The van der Waals surface area contributed by atoms with E-state index in [4.69, 9.17) is 5.73 Å². The van der Waals surface area contributed by atoms with Crippen LogP contribution in [0.3, 0.4) is 0 Å². The van der Waals surface area contributed by atoms with E-state index in [9.17, 15) is 4.39 Å². The van der Waals surface area contributed by atoms with Crippen molar-refractivity contribution in [1.29, 1.82) is 0 Å². The first-order valence-electron chi connectivity index (χ1n) is 6.44. The largest absolute Gasteiger partial charge is 0.383 e. The average molecular weight is 291 g/mol. The molecule has 106 valence electrons. The van der Waals surface area contributed by atoms with Gasteiger partial charge in [0.1, 0.15) is 11.6 Å². The molecule has 1 unspecified atom stereocenters. The molecule has 1 aromatic carbocycles. The lowest BCUT2D eigenvalue weighted by molar-refractivity contribution is 0.616. The molecule has 0 fully saturated rings. The molecule has 0 amide bonds. The lowest BCUT2D eigenvalue weighted by Crippen LogP contribution is -2.30. The smallest absolute Gasteiger partial charge is 0.126 e. The van der Waals surface area contributed by atoms with E-state index in [1.54, 1.807) is 30.1 Å². The van der Waals surface area contributed by atoms with E-state index >= 15 is 0 Å². The highest BCUT2D eigenvalue weighted by molar-refractivity contribution is 7.99.